The minimum absolute atomic E-state index is 0.236. The highest BCUT2D eigenvalue weighted by Crippen LogP contribution is 2.35. The van der Waals surface area contributed by atoms with Gasteiger partial charge in [-0.25, -0.2) is 4.79 Å². The smallest absolute Gasteiger partial charge is 0.339 e. The van der Waals surface area contributed by atoms with Gasteiger partial charge in [0.25, 0.3) is 0 Å². The second-order valence-electron chi connectivity index (χ2n) is 5.87. The van der Waals surface area contributed by atoms with Gasteiger partial charge in [0.05, 0.1) is 6.20 Å². The molecule has 0 bridgehead atoms. The third-order valence-corrected chi connectivity index (χ3v) is 3.64. The first-order valence-electron chi connectivity index (χ1n) is 6.19. The summed E-state index contributed by atoms with van der Waals surface area (Å²) in [6, 6.07) is 1.51. The molecule has 1 saturated heterocycles. The van der Waals surface area contributed by atoms with Gasteiger partial charge < -0.3 is 10.0 Å². The Labute approximate surface area is 107 Å². The number of rotatable bonds is 2. The van der Waals surface area contributed by atoms with E-state index in [1.165, 1.54) is 12.3 Å². The van der Waals surface area contributed by atoms with Crippen LogP contribution in [0, 0.1) is 11.3 Å². The number of aromatic nitrogens is 2. The van der Waals surface area contributed by atoms with Gasteiger partial charge in [0.1, 0.15) is 5.56 Å². The zero-order chi connectivity index (χ0) is 13.3. The maximum absolute atomic E-state index is 11.2. The third kappa shape index (κ3) is 2.44. The number of carboxylic acid groups (broad SMARTS) is 1. The Morgan fingerprint density at radius 1 is 1.50 bits per heavy atom. The van der Waals surface area contributed by atoms with Crippen molar-refractivity contribution in [1.82, 2.24) is 10.2 Å². The molecule has 1 aliphatic rings. The van der Waals surface area contributed by atoms with Crippen LogP contribution in [0.1, 0.15) is 37.6 Å². The summed E-state index contributed by atoms with van der Waals surface area (Å²) in [7, 11) is 0. The Hall–Kier alpha value is -1.65. The van der Waals surface area contributed by atoms with Gasteiger partial charge in [0, 0.05) is 13.1 Å². The van der Waals surface area contributed by atoms with Gasteiger partial charge in [-0.05, 0) is 23.8 Å². The number of carboxylic acids is 1. The van der Waals surface area contributed by atoms with Crippen molar-refractivity contribution in [3.8, 4) is 0 Å². The summed E-state index contributed by atoms with van der Waals surface area (Å²) < 4.78 is 0. The van der Waals surface area contributed by atoms with E-state index in [0.29, 0.717) is 11.7 Å². The highest BCUT2D eigenvalue weighted by Gasteiger charge is 2.33. The van der Waals surface area contributed by atoms with Gasteiger partial charge in [0.15, 0.2) is 5.82 Å². The molecule has 18 heavy (non-hydrogen) atoms. The Bertz CT molecular complexity index is 454. The standard InChI is InChI=1S/C13H19N3O2/c1-13(2,3)9-5-7-16(8-9)11-10(12(17)18)4-6-14-15-11/h4,6,9H,5,7-8H2,1-3H3,(H,17,18). The highest BCUT2D eigenvalue weighted by molar-refractivity contribution is 5.93. The van der Waals surface area contributed by atoms with Crippen molar-refractivity contribution in [2.45, 2.75) is 27.2 Å². The van der Waals surface area contributed by atoms with Crippen molar-refractivity contribution in [3.63, 3.8) is 0 Å². The van der Waals surface area contributed by atoms with E-state index in [4.69, 9.17) is 5.11 Å². The lowest BCUT2D eigenvalue weighted by atomic mass is 9.80. The zero-order valence-electron chi connectivity index (χ0n) is 11.1. The van der Waals surface area contributed by atoms with Crippen LogP contribution in [0.5, 0.6) is 0 Å². The molecule has 1 unspecified atom stereocenters. The van der Waals surface area contributed by atoms with Crippen LogP contribution in [0.15, 0.2) is 12.3 Å². The molecule has 0 spiro atoms. The summed E-state index contributed by atoms with van der Waals surface area (Å²) in [5.41, 5.74) is 0.472. The minimum atomic E-state index is -0.945. The van der Waals surface area contributed by atoms with E-state index in [1.807, 2.05) is 4.90 Å². The first-order valence-corrected chi connectivity index (χ1v) is 6.19. The van der Waals surface area contributed by atoms with E-state index >= 15 is 0 Å². The number of aromatic carboxylic acids is 1. The minimum Gasteiger partial charge on any atom is -0.478 e. The molecule has 1 aliphatic heterocycles. The predicted molar refractivity (Wildman–Crippen MR) is 68.8 cm³/mol. The molecule has 2 rings (SSSR count). The molecule has 1 fully saturated rings. The molecule has 5 nitrogen and oxygen atoms in total. The maximum atomic E-state index is 11.2. The number of nitrogens with zero attached hydrogens (tertiary/aromatic N) is 3. The van der Waals surface area contributed by atoms with Crippen LogP contribution in [0.25, 0.3) is 0 Å². The molecule has 2 heterocycles. The van der Waals surface area contributed by atoms with Crippen molar-refractivity contribution in [2.75, 3.05) is 18.0 Å². The van der Waals surface area contributed by atoms with Crippen LogP contribution in [0.4, 0.5) is 5.82 Å². The zero-order valence-corrected chi connectivity index (χ0v) is 11.1. The predicted octanol–water partition coefficient (Wildman–Crippen LogP) is 2.05. The van der Waals surface area contributed by atoms with E-state index in [9.17, 15) is 4.79 Å². The lowest BCUT2D eigenvalue weighted by molar-refractivity contribution is 0.0697. The van der Waals surface area contributed by atoms with Gasteiger partial charge in [-0.3, -0.25) is 0 Å². The number of carbonyl (C=O) groups is 1. The molecule has 1 aromatic heterocycles. The lowest BCUT2D eigenvalue weighted by Crippen LogP contribution is -2.27. The van der Waals surface area contributed by atoms with E-state index < -0.39 is 5.97 Å². The molecule has 98 valence electrons. The quantitative estimate of drug-likeness (QED) is 0.868. The molecule has 0 saturated carbocycles. The van der Waals surface area contributed by atoms with Crippen molar-refractivity contribution in [2.24, 2.45) is 11.3 Å². The summed E-state index contributed by atoms with van der Waals surface area (Å²) in [6.07, 6.45) is 2.49. The molecule has 0 aliphatic carbocycles. The van der Waals surface area contributed by atoms with Gasteiger partial charge in [0.2, 0.25) is 0 Å². The van der Waals surface area contributed by atoms with Crippen LogP contribution >= 0.6 is 0 Å². The summed E-state index contributed by atoms with van der Waals surface area (Å²) in [5, 5.41) is 17.0. The third-order valence-electron chi connectivity index (χ3n) is 3.64. The fourth-order valence-corrected chi connectivity index (χ4v) is 2.38. The SMILES string of the molecule is CC(C)(C)C1CCN(c2nnccc2C(=O)O)C1. The molecule has 0 aromatic carbocycles. The largest absolute Gasteiger partial charge is 0.478 e. The van der Waals surface area contributed by atoms with Crippen LogP contribution < -0.4 is 4.90 Å². The summed E-state index contributed by atoms with van der Waals surface area (Å²) in [4.78, 5) is 13.2. The van der Waals surface area contributed by atoms with Crippen molar-refractivity contribution < 1.29 is 9.90 Å². The maximum Gasteiger partial charge on any atom is 0.339 e. The van der Waals surface area contributed by atoms with Crippen molar-refractivity contribution in [1.29, 1.82) is 0 Å². The first-order chi connectivity index (χ1) is 8.39. The average molecular weight is 249 g/mol. The molecule has 0 radical (unpaired) electrons. The number of anilines is 1. The Morgan fingerprint density at radius 3 is 2.78 bits per heavy atom. The fraction of sp³-hybridized carbons (Fsp3) is 0.615. The Balaban J connectivity index is 2.22. The Kier molecular flexibility index (Phi) is 3.24. The van der Waals surface area contributed by atoms with Gasteiger partial charge in [-0.2, -0.15) is 5.10 Å². The topological polar surface area (TPSA) is 66.3 Å². The van der Waals surface area contributed by atoms with Gasteiger partial charge in [-0.15, -0.1) is 5.10 Å². The molecule has 1 atom stereocenters. The second-order valence-corrected chi connectivity index (χ2v) is 5.87. The highest BCUT2D eigenvalue weighted by atomic mass is 16.4. The van der Waals surface area contributed by atoms with Crippen LogP contribution in [0.3, 0.4) is 0 Å². The van der Waals surface area contributed by atoms with E-state index in [1.54, 1.807) is 0 Å². The van der Waals surface area contributed by atoms with Crippen molar-refractivity contribution in [3.05, 3.63) is 17.8 Å². The monoisotopic (exact) mass is 249 g/mol. The van der Waals surface area contributed by atoms with Crippen molar-refractivity contribution >= 4 is 11.8 Å². The molecule has 5 heteroatoms. The van der Waals surface area contributed by atoms with Crippen LogP contribution in [-0.4, -0.2) is 34.4 Å². The number of hydrogen-bond acceptors (Lipinski definition) is 4. The second kappa shape index (κ2) is 4.55. The molecule has 0 amide bonds. The molecular weight excluding hydrogens is 230 g/mol. The fourth-order valence-electron chi connectivity index (χ4n) is 2.38. The molecule has 1 N–H and O–H groups in total. The average Bonchev–Trinajstić information content (AvgIpc) is 2.77. The number of hydrogen-bond donors (Lipinski definition) is 1. The summed E-state index contributed by atoms with van der Waals surface area (Å²) in [6.45, 7) is 8.35. The Morgan fingerprint density at radius 2 is 2.22 bits per heavy atom. The summed E-state index contributed by atoms with van der Waals surface area (Å²) in [5.74, 6) is 0.108. The van der Waals surface area contributed by atoms with Crippen LogP contribution in [0.2, 0.25) is 0 Å². The normalized spacial score (nSPS) is 20.2. The first kappa shape index (κ1) is 12.8. The van der Waals surface area contributed by atoms with Crippen LogP contribution in [-0.2, 0) is 0 Å². The molecular formula is C13H19N3O2. The van der Waals surface area contributed by atoms with Gasteiger partial charge in [-0.1, -0.05) is 20.8 Å². The summed E-state index contributed by atoms with van der Waals surface area (Å²) >= 11 is 0. The lowest BCUT2D eigenvalue weighted by Gasteiger charge is -2.27. The van der Waals surface area contributed by atoms with E-state index in [2.05, 4.69) is 31.0 Å². The van der Waals surface area contributed by atoms with E-state index in [-0.39, 0.29) is 11.0 Å². The van der Waals surface area contributed by atoms with E-state index in [0.717, 1.165) is 19.5 Å². The van der Waals surface area contributed by atoms with Gasteiger partial charge >= 0.3 is 5.97 Å². The molecule has 1 aromatic rings.